The molecule has 0 saturated heterocycles. The molecule has 6 heteroatoms. The molecule has 0 spiro atoms. The van der Waals surface area contributed by atoms with Crippen LogP contribution in [0.1, 0.15) is 5.56 Å². The number of benzene rings is 3. The number of para-hydroxylation sites is 1. The van der Waals surface area contributed by atoms with Crippen LogP contribution in [-0.4, -0.2) is 8.42 Å². The number of fused-ring (bicyclic) bond motifs is 1. The third-order valence-electron chi connectivity index (χ3n) is 4.02. The molecule has 0 amide bonds. The summed E-state index contributed by atoms with van der Waals surface area (Å²) in [4.78, 5) is 1.86. The predicted molar refractivity (Wildman–Crippen MR) is 109 cm³/mol. The van der Waals surface area contributed by atoms with Crippen molar-refractivity contribution in [1.29, 1.82) is 0 Å². The van der Waals surface area contributed by atoms with E-state index in [9.17, 15) is 8.42 Å². The number of hydrogen-bond donors (Lipinski definition) is 1. The first-order valence-electron chi connectivity index (χ1n) is 8.36. The van der Waals surface area contributed by atoms with Gasteiger partial charge in [0, 0.05) is 21.2 Å². The van der Waals surface area contributed by atoms with Crippen molar-refractivity contribution in [3.8, 4) is 0 Å². The molecule has 1 aromatic heterocycles. The van der Waals surface area contributed by atoms with Crippen molar-refractivity contribution < 1.29 is 12.8 Å². The average Bonchev–Trinajstić information content (AvgIpc) is 3.10. The van der Waals surface area contributed by atoms with Gasteiger partial charge in [-0.2, -0.15) is 8.42 Å². The highest BCUT2D eigenvalue weighted by molar-refractivity contribution is 7.99. The number of sulfonamides is 1. The van der Waals surface area contributed by atoms with E-state index in [2.05, 4.69) is 4.72 Å². The zero-order valence-electron chi connectivity index (χ0n) is 14.5. The predicted octanol–water partition coefficient (Wildman–Crippen LogP) is 5.69. The number of aryl methyl sites for hydroxylation is 1. The van der Waals surface area contributed by atoms with Gasteiger partial charge in [0.25, 0.3) is 10.0 Å². The van der Waals surface area contributed by atoms with E-state index in [0.717, 1.165) is 20.7 Å². The van der Waals surface area contributed by atoms with Crippen molar-refractivity contribution in [2.75, 3.05) is 4.72 Å². The van der Waals surface area contributed by atoms with Gasteiger partial charge in [-0.15, -0.1) is 0 Å². The van der Waals surface area contributed by atoms with Gasteiger partial charge >= 0.3 is 0 Å². The normalized spacial score (nSPS) is 11.6. The maximum Gasteiger partial charge on any atom is 0.295 e. The molecule has 0 atom stereocenters. The van der Waals surface area contributed by atoms with E-state index in [0.29, 0.717) is 11.3 Å². The van der Waals surface area contributed by atoms with Crippen LogP contribution in [0.3, 0.4) is 0 Å². The summed E-state index contributed by atoms with van der Waals surface area (Å²) in [5.74, 6) is 0. The van der Waals surface area contributed by atoms with E-state index >= 15 is 0 Å². The maximum atomic E-state index is 12.9. The SMILES string of the molecule is Cc1ccc(Sc2ccccc2)c(NS(=O)(=O)c2cc3ccccc3o2)c1. The highest BCUT2D eigenvalue weighted by atomic mass is 32.2. The van der Waals surface area contributed by atoms with Crippen LogP contribution >= 0.6 is 11.8 Å². The fourth-order valence-corrected chi connectivity index (χ4v) is 4.72. The van der Waals surface area contributed by atoms with Crippen LogP contribution in [0.15, 0.2) is 98.2 Å². The molecule has 4 nitrogen and oxygen atoms in total. The van der Waals surface area contributed by atoms with Gasteiger partial charge in [0.05, 0.1) is 5.69 Å². The zero-order valence-corrected chi connectivity index (χ0v) is 16.2. The first-order valence-corrected chi connectivity index (χ1v) is 10.7. The lowest BCUT2D eigenvalue weighted by Crippen LogP contribution is -2.12. The van der Waals surface area contributed by atoms with E-state index in [4.69, 9.17) is 4.42 Å². The lowest BCUT2D eigenvalue weighted by atomic mass is 10.2. The van der Waals surface area contributed by atoms with Crippen LogP contribution in [0.4, 0.5) is 5.69 Å². The number of furan rings is 1. The summed E-state index contributed by atoms with van der Waals surface area (Å²) in [6, 6.07) is 24.3. The Kier molecular flexibility index (Phi) is 4.68. The minimum Gasteiger partial charge on any atom is -0.443 e. The second-order valence-electron chi connectivity index (χ2n) is 6.12. The van der Waals surface area contributed by atoms with Gasteiger partial charge in [0.15, 0.2) is 0 Å². The second-order valence-corrected chi connectivity index (χ2v) is 8.85. The van der Waals surface area contributed by atoms with Gasteiger partial charge in [0.1, 0.15) is 5.58 Å². The van der Waals surface area contributed by atoms with Crippen molar-refractivity contribution in [3.63, 3.8) is 0 Å². The van der Waals surface area contributed by atoms with Gasteiger partial charge < -0.3 is 4.42 Å². The Morgan fingerprint density at radius 1 is 0.889 bits per heavy atom. The molecule has 0 aliphatic heterocycles. The number of hydrogen-bond acceptors (Lipinski definition) is 4. The van der Waals surface area contributed by atoms with Crippen molar-refractivity contribution in [1.82, 2.24) is 0 Å². The lowest BCUT2D eigenvalue weighted by Gasteiger charge is -2.12. The molecule has 1 heterocycles. The maximum absolute atomic E-state index is 12.9. The zero-order chi connectivity index (χ0) is 18.9. The first kappa shape index (κ1) is 17.7. The molecule has 0 aliphatic carbocycles. The quantitative estimate of drug-likeness (QED) is 0.471. The molecule has 4 aromatic rings. The van der Waals surface area contributed by atoms with E-state index < -0.39 is 10.0 Å². The Morgan fingerprint density at radius 3 is 2.41 bits per heavy atom. The minimum atomic E-state index is -3.84. The fraction of sp³-hybridized carbons (Fsp3) is 0.0476. The van der Waals surface area contributed by atoms with Crippen molar-refractivity contribution in [3.05, 3.63) is 84.4 Å². The Morgan fingerprint density at radius 2 is 1.63 bits per heavy atom. The van der Waals surface area contributed by atoms with Gasteiger partial charge in [-0.05, 0) is 42.8 Å². The summed E-state index contributed by atoms with van der Waals surface area (Å²) in [5.41, 5.74) is 2.04. The molecule has 0 unspecified atom stereocenters. The molecule has 0 aliphatic rings. The van der Waals surface area contributed by atoms with E-state index in [1.54, 1.807) is 6.07 Å². The van der Waals surface area contributed by atoms with Gasteiger partial charge in [-0.1, -0.05) is 54.2 Å². The van der Waals surface area contributed by atoms with Crippen LogP contribution < -0.4 is 4.72 Å². The van der Waals surface area contributed by atoms with Gasteiger partial charge in [0.2, 0.25) is 5.09 Å². The summed E-state index contributed by atoms with van der Waals surface area (Å²) in [6.07, 6.45) is 0. The van der Waals surface area contributed by atoms with Crippen LogP contribution in [0, 0.1) is 6.92 Å². The molecule has 0 fully saturated rings. The summed E-state index contributed by atoms with van der Waals surface area (Å²) < 4.78 is 34.0. The number of anilines is 1. The molecule has 0 radical (unpaired) electrons. The van der Waals surface area contributed by atoms with Crippen LogP contribution in [0.2, 0.25) is 0 Å². The monoisotopic (exact) mass is 395 g/mol. The molecule has 4 rings (SSSR count). The van der Waals surface area contributed by atoms with Gasteiger partial charge in [-0.3, -0.25) is 4.72 Å². The van der Waals surface area contributed by atoms with Crippen molar-refractivity contribution in [2.24, 2.45) is 0 Å². The van der Waals surface area contributed by atoms with E-state index in [1.807, 2.05) is 73.7 Å². The minimum absolute atomic E-state index is 0.0964. The van der Waals surface area contributed by atoms with Crippen LogP contribution in [-0.2, 0) is 10.0 Å². The van der Waals surface area contributed by atoms with Gasteiger partial charge in [-0.25, -0.2) is 0 Å². The largest absolute Gasteiger partial charge is 0.443 e. The number of rotatable bonds is 5. The van der Waals surface area contributed by atoms with E-state index in [-0.39, 0.29) is 5.09 Å². The second kappa shape index (κ2) is 7.13. The van der Waals surface area contributed by atoms with Crippen molar-refractivity contribution >= 4 is 38.4 Å². The molecule has 27 heavy (non-hydrogen) atoms. The van der Waals surface area contributed by atoms with E-state index in [1.165, 1.54) is 17.8 Å². The topological polar surface area (TPSA) is 59.3 Å². The smallest absolute Gasteiger partial charge is 0.295 e. The Labute approximate surface area is 162 Å². The molecule has 136 valence electrons. The Bertz CT molecular complexity index is 1170. The molecule has 1 N–H and O–H groups in total. The van der Waals surface area contributed by atoms with Crippen LogP contribution in [0.25, 0.3) is 11.0 Å². The summed E-state index contributed by atoms with van der Waals surface area (Å²) in [6.45, 7) is 1.93. The summed E-state index contributed by atoms with van der Waals surface area (Å²) in [7, 11) is -3.84. The Balaban J connectivity index is 1.69. The molecule has 3 aromatic carbocycles. The van der Waals surface area contributed by atoms with Crippen molar-refractivity contribution in [2.45, 2.75) is 21.8 Å². The van der Waals surface area contributed by atoms with Crippen LogP contribution in [0.5, 0.6) is 0 Å². The highest BCUT2D eigenvalue weighted by Gasteiger charge is 2.21. The lowest BCUT2D eigenvalue weighted by molar-refractivity contribution is 0.484. The average molecular weight is 396 g/mol. The third kappa shape index (κ3) is 3.86. The molecule has 0 saturated carbocycles. The number of nitrogens with one attached hydrogen (secondary N) is 1. The Hall–Kier alpha value is -2.70. The summed E-state index contributed by atoms with van der Waals surface area (Å²) >= 11 is 1.51. The summed E-state index contributed by atoms with van der Waals surface area (Å²) in [5, 5.41) is 0.655. The first-order chi connectivity index (χ1) is 13.0. The molecular weight excluding hydrogens is 378 g/mol. The molecule has 0 bridgehead atoms. The fourth-order valence-electron chi connectivity index (χ4n) is 2.71. The standard InChI is InChI=1S/C21H17NO3S2/c1-15-11-12-20(26-17-8-3-2-4-9-17)18(13-15)22-27(23,24)21-14-16-7-5-6-10-19(16)25-21/h2-14,22H,1H3. The third-order valence-corrected chi connectivity index (χ3v) is 6.32. The highest BCUT2D eigenvalue weighted by Crippen LogP contribution is 2.35. The molecular formula is C21H17NO3S2.